The van der Waals surface area contributed by atoms with E-state index >= 15 is 0 Å². The highest BCUT2D eigenvalue weighted by Gasteiger charge is 2.29. The SMILES string of the molecule is CCOC(=O)C(NC=O)C(O)c1ccc(C)cc1C. The summed E-state index contributed by atoms with van der Waals surface area (Å²) in [6.07, 6.45) is -0.751. The first-order valence-electron chi connectivity index (χ1n) is 6.12. The Hall–Kier alpha value is -1.88. The zero-order valence-electron chi connectivity index (χ0n) is 11.3. The fraction of sp³-hybridized carbons (Fsp3) is 0.429. The highest BCUT2D eigenvalue weighted by atomic mass is 16.5. The molecule has 19 heavy (non-hydrogen) atoms. The number of carbonyl (C=O) groups is 2. The van der Waals surface area contributed by atoms with E-state index < -0.39 is 18.1 Å². The van der Waals surface area contributed by atoms with Crippen LogP contribution >= 0.6 is 0 Å². The van der Waals surface area contributed by atoms with Gasteiger partial charge in [-0.2, -0.15) is 0 Å². The second-order valence-corrected chi connectivity index (χ2v) is 4.32. The van der Waals surface area contributed by atoms with Crippen molar-refractivity contribution in [2.75, 3.05) is 6.61 Å². The van der Waals surface area contributed by atoms with E-state index in [2.05, 4.69) is 5.32 Å². The Morgan fingerprint density at radius 3 is 2.68 bits per heavy atom. The Balaban J connectivity index is 3.01. The van der Waals surface area contributed by atoms with Crippen LogP contribution < -0.4 is 5.32 Å². The normalized spacial score (nSPS) is 13.5. The standard InChI is InChI=1S/C14H19NO4/c1-4-19-14(18)12(15-8-16)13(17)11-6-5-9(2)7-10(11)3/h5-8,12-13,17H,4H2,1-3H3,(H,15,16). The minimum Gasteiger partial charge on any atom is -0.464 e. The predicted molar refractivity (Wildman–Crippen MR) is 70.5 cm³/mol. The molecular formula is C14H19NO4. The van der Waals surface area contributed by atoms with Crippen LogP contribution in [0.25, 0.3) is 0 Å². The molecule has 0 heterocycles. The molecule has 2 N–H and O–H groups in total. The van der Waals surface area contributed by atoms with E-state index in [9.17, 15) is 14.7 Å². The van der Waals surface area contributed by atoms with Gasteiger partial charge in [0.2, 0.25) is 6.41 Å². The largest absolute Gasteiger partial charge is 0.464 e. The highest BCUT2D eigenvalue weighted by molar-refractivity contribution is 5.79. The molecule has 0 fully saturated rings. The van der Waals surface area contributed by atoms with Crippen LogP contribution in [0.1, 0.15) is 29.7 Å². The molecule has 5 heteroatoms. The summed E-state index contributed by atoms with van der Waals surface area (Å²) < 4.78 is 4.84. The van der Waals surface area contributed by atoms with Crippen LogP contribution in [-0.4, -0.2) is 30.1 Å². The third-order valence-electron chi connectivity index (χ3n) is 2.85. The van der Waals surface area contributed by atoms with Gasteiger partial charge in [0.25, 0.3) is 0 Å². The maximum Gasteiger partial charge on any atom is 0.331 e. The van der Waals surface area contributed by atoms with Gasteiger partial charge < -0.3 is 15.2 Å². The van der Waals surface area contributed by atoms with Crippen molar-refractivity contribution in [3.05, 3.63) is 34.9 Å². The fourth-order valence-corrected chi connectivity index (χ4v) is 1.93. The van der Waals surface area contributed by atoms with Gasteiger partial charge in [-0.25, -0.2) is 4.79 Å². The van der Waals surface area contributed by atoms with Gasteiger partial charge in [-0.3, -0.25) is 4.79 Å². The number of rotatable bonds is 6. The van der Waals surface area contributed by atoms with E-state index in [1.165, 1.54) is 0 Å². The lowest BCUT2D eigenvalue weighted by molar-refractivity contribution is -0.149. The molecule has 1 rings (SSSR count). The molecule has 0 saturated carbocycles. The van der Waals surface area contributed by atoms with Crippen molar-refractivity contribution >= 4 is 12.4 Å². The van der Waals surface area contributed by atoms with E-state index in [1.54, 1.807) is 13.0 Å². The van der Waals surface area contributed by atoms with Crippen LogP contribution in [-0.2, 0) is 14.3 Å². The van der Waals surface area contributed by atoms with Crippen LogP contribution in [0.15, 0.2) is 18.2 Å². The van der Waals surface area contributed by atoms with Gasteiger partial charge in [0.15, 0.2) is 6.04 Å². The number of hydrogen-bond acceptors (Lipinski definition) is 4. The minimum absolute atomic E-state index is 0.190. The van der Waals surface area contributed by atoms with Crippen molar-refractivity contribution in [2.24, 2.45) is 0 Å². The van der Waals surface area contributed by atoms with Crippen LogP contribution in [0.3, 0.4) is 0 Å². The molecule has 0 saturated heterocycles. The number of aliphatic hydroxyl groups is 1. The van der Waals surface area contributed by atoms with Gasteiger partial charge in [0, 0.05) is 0 Å². The van der Waals surface area contributed by atoms with Gasteiger partial charge in [0.1, 0.15) is 6.10 Å². The molecule has 0 spiro atoms. The lowest BCUT2D eigenvalue weighted by atomic mass is 9.96. The zero-order valence-corrected chi connectivity index (χ0v) is 11.3. The average Bonchev–Trinajstić information content (AvgIpc) is 2.35. The van der Waals surface area contributed by atoms with E-state index in [0.717, 1.165) is 11.1 Å². The minimum atomic E-state index is -1.13. The lowest BCUT2D eigenvalue weighted by Gasteiger charge is -2.22. The molecule has 2 unspecified atom stereocenters. The summed E-state index contributed by atoms with van der Waals surface area (Å²) in [5.74, 6) is -0.651. The van der Waals surface area contributed by atoms with E-state index in [1.807, 2.05) is 26.0 Å². The molecule has 1 aromatic rings. The average molecular weight is 265 g/mol. The summed E-state index contributed by atoms with van der Waals surface area (Å²) in [4.78, 5) is 22.3. The molecule has 5 nitrogen and oxygen atoms in total. The third-order valence-corrected chi connectivity index (χ3v) is 2.85. The Morgan fingerprint density at radius 1 is 1.47 bits per heavy atom. The summed E-state index contributed by atoms with van der Waals surface area (Å²) in [6.45, 7) is 5.64. The molecule has 0 bridgehead atoms. The first-order chi connectivity index (χ1) is 9.01. The Morgan fingerprint density at radius 2 is 2.16 bits per heavy atom. The zero-order chi connectivity index (χ0) is 14.4. The van der Waals surface area contributed by atoms with Crippen molar-refractivity contribution in [1.29, 1.82) is 0 Å². The summed E-state index contributed by atoms with van der Waals surface area (Å²) >= 11 is 0. The van der Waals surface area contributed by atoms with Gasteiger partial charge in [-0.15, -0.1) is 0 Å². The fourth-order valence-electron chi connectivity index (χ4n) is 1.93. The molecule has 1 amide bonds. The third kappa shape index (κ3) is 3.79. The number of aliphatic hydroxyl groups excluding tert-OH is 1. The Kier molecular flexibility index (Phi) is 5.51. The molecular weight excluding hydrogens is 246 g/mol. The van der Waals surface area contributed by atoms with Crippen LogP contribution in [0.4, 0.5) is 0 Å². The first kappa shape index (κ1) is 15.2. The van der Waals surface area contributed by atoms with Crippen LogP contribution in [0, 0.1) is 13.8 Å². The number of ether oxygens (including phenoxy) is 1. The number of nitrogens with one attached hydrogen (secondary N) is 1. The summed E-state index contributed by atoms with van der Waals surface area (Å²) in [5.41, 5.74) is 2.51. The molecule has 0 aliphatic carbocycles. The van der Waals surface area contributed by atoms with E-state index in [0.29, 0.717) is 12.0 Å². The van der Waals surface area contributed by atoms with Crippen molar-refractivity contribution in [1.82, 2.24) is 5.32 Å². The Bertz CT molecular complexity index is 459. The number of carbonyl (C=O) groups excluding carboxylic acids is 2. The summed E-state index contributed by atoms with van der Waals surface area (Å²) in [7, 11) is 0. The smallest absolute Gasteiger partial charge is 0.331 e. The number of aryl methyl sites for hydroxylation is 2. The topological polar surface area (TPSA) is 75.6 Å². The van der Waals surface area contributed by atoms with Gasteiger partial charge in [0.05, 0.1) is 6.61 Å². The van der Waals surface area contributed by atoms with Crippen LogP contribution in [0.5, 0.6) is 0 Å². The quantitative estimate of drug-likeness (QED) is 0.594. The monoisotopic (exact) mass is 265 g/mol. The van der Waals surface area contributed by atoms with E-state index in [-0.39, 0.29) is 6.61 Å². The number of esters is 1. The van der Waals surface area contributed by atoms with Crippen molar-refractivity contribution < 1.29 is 19.4 Å². The number of benzene rings is 1. The Labute approximate surface area is 112 Å². The number of hydrogen-bond donors (Lipinski definition) is 2. The summed E-state index contributed by atoms with van der Waals surface area (Å²) in [5, 5.41) is 12.6. The van der Waals surface area contributed by atoms with Crippen LogP contribution in [0.2, 0.25) is 0 Å². The highest BCUT2D eigenvalue weighted by Crippen LogP contribution is 2.22. The first-order valence-corrected chi connectivity index (χ1v) is 6.12. The molecule has 0 radical (unpaired) electrons. The predicted octanol–water partition coefficient (Wildman–Crippen LogP) is 1.01. The lowest BCUT2D eigenvalue weighted by Crippen LogP contribution is -2.42. The van der Waals surface area contributed by atoms with Crippen molar-refractivity contribution in [2.45, 2.75) is 32.9 Å². The van der Waals surface area contributed by atoms with Crippen molar-refractivity contribution in [3.8, 4) is 0 Å². The summed E-state index contributed by atoms with van der Waals surface area (Å²) in [6, 6.07) is 4.39. The molecule has 1 aromatic carbocycles. The maximum atomic E-state index is 11.7. The van der Waals surface area contributed by atoms with Gasteiger partial charge in [-0.1, -0.05) is 23.8 Å². The second kappa shape index (κ2) is 6.89. The van der Waals surface area contributed by atoms with Gasteiger partial charge >= 0.3 is 5.97 Å². The second-order valence-electron chi connectivity index (χ2n) is 4.32. The molecule has 2 atom stereocenters. The molecule has 0 aliphatic heterocycles. The number of amides is 1. The molecule has 0 aliphatic rings. The van der Waals surface area contributed by atoms with E-state index in [4.69, 9.17) is 4.74 Å². The molecule has 104 valence electrons. The van der Waals surface area contributed by atoms with Crippen molar-refractivity contribution in [3.63, 3.8) is 0 Å². The maximum absolute atomic E-state index is 11.7. The van der Waals surface area contributed by atoms with Gasteiger partial charge in [-0.05, 0) is 31.9 Å². The molecule has 0 aromatic heterocycles.